The van der Waals surface area contributed by atoms with Crippen molar-refractivity contribution in [2.75, 3.05) is 14.2 Å². The molecule has 0 radical (unpaired) electrons. The summed E-state index contributed by atoms with van der Waals surface area (Å²) in [6.45, 7) is 0. The van der Waals surface area contributed by atoms with E-state index in [9.17, 15) is 4.79 Å². The highest BCUT2D eigenvalue weighted by molar-refractivity contribution is 9.10. The van der Waals surface area contributed by atoms with Crippen LogP contribution in [0, 0.1) is 0 Å². The van der Waals surface area contributed by atoms with E-state index in [2.05, 4.69) is 15.9 Å². The lowest BCUT2D eigenvalue weighted by Gasteiger charge is -2.05. The van der Waals surface area contributed by atoms with Crippen molar-refractivity contribution >= 4 is 28.0 Å². The summed E-state index contributed by atoms with van der Waals surface area (Å²) in [6.07, 6.45) is 3.00. The first-order valence-corrected chi connectivity index (χ1v) is 7.29. The predicted octanol–water partition coefficient (Wildman–Crippen LogP) is 4.09. The highest BCUT2D eigenvalue weighted by atomic mass is 79.9. The van der Waals surface area contributed by atoms with Gasteiger partial charge >= 0.3 is 5.97 Å². The molecule has 0 heterocycles. The smallest absolute Gasteiger partial charge is 0.336 e. The van der Waals surface area contributed by atoms with Gasteiger partial charge < -0.3 is 14.2 Å². The van der Waals surface area contributed by atoms with Crippen LogP contribution in [0.25, 0.3) is 6.08 Å². The second-order valence-electron chi connectivity index (χ2n) is 4.32. The van der Waals surface area contributed by atoms with Crippen molar-refractivity contribution in [3.05, 3.63) is 58.6 Å². The Morgan fingerprint density at radius 1 is 1.00 bits per heavy atom. The maximum Gasteiger partial charge on any atom is 0.336 e. The van der Waals surface area contributed by atoms with Gasteiger partial charge in [0.25, 0.3) is 0 Å². The standard InChI is InChI=1S/C17H15BrO4/c1-20-14-5-7-15(8-6-14)22-17(19)10-3-12-11-13(18)4-9-16(12)21-2/h3-11H,1-2H3/b10-3+. The highest BCUT2D eigenvalue weighted by Crippen LogP contribution is 2.24. The van der Waals surface area contributed by atoms with Crippen LogP contribution in [0.5, 0.6) is 17.2 Å². The number of rotatable bonds is 5. The molecule has 0 aliphatic rings. The lowest BCUT2D eigenvalue weighted by molar-refractivity contribution is -0.128. The zero-order chi connectivity index (χ0) is 15.9. The summed E-state index contributed by atoms with van der Waals surface area (Å²) in [4.78, 5) is 11.8. The van der Waals surface area contributed by atoms with Gasteiger partial charge in [0.15, 0.2) is 0 Å². The monoisotopic (exact) mass is 362 g/mol. The fraction of sp³-hybridized carbons (Fsp3) is 0.118. The molecule has 0 unspecified atom stereocenters. The van der Waals surface area contributed by atoms with E-state index in [1.165, 1.54) is 6.08 Å². The third kappa shape index (κ3) is 4.36. The summed E-state index contributed by atoms with van der Waals surface area (Å²) in [7, 11) is 3.16. The minimum Gasteiger partial charge on any atom is -0.497 e. The van der Waals surface area contributed by atoms with Crippen molar-refractivity contribution in [3.63, 3.8) is 0 Å². The van der Waals surface area contributed by atoms with Crippen LogP contribution in [0.15, 0.2) is 53.0 Å². The van der Waals surface area contributed by atoms with E-state index in [1.807, 2.05) is 18.2 Å². The Hall–Kier alpha value is -2.27. The third-order valence-corrected chi connectivity index (χ3v) is 3.36. The first-order valence-electron chi connectivity index (χ1n) is 6.50. The van der Waals surface area contributed by atoms with Crippen molar-refractivity contribution in [1.29, 1.82) is 0 Å². The van der Waals surface area contributed by atoms with Gasteiger partial charge in [-0.1, -0.05) is 15.9 Å². The molecule has 2 aromatic carbocycles. The number of carbonyl (C=O) groups is 1. The van der Waals surface area contributed by atoms with E-state index < -0.39 is 5.97 Å². The highest BCUT2D eigenvalue weighted by Gasteiger charge is 2.04. The van der Waals surface area contributed by atoms with Gasteiger partial charge in [0.1, 0.15) is 17.2 Å². The Kier molecular flexibility index (Phi) is 5.61. The van der Waals surface area contributed by atoms with Gasteiger partial charge in [-0.3, -0.25) is 0 Å². The number of carbonyl (C=O) groups excluding carboxylic acids is 1. The van der Waals surface area contributed by atoms with Crippen molar-refractivity contribution in [1.82, 2.24) is 0 Å². The maximum atomic E-state index is 11.8. The Bertz CT molecular complexity index is 678. The first-order chi connectivity index (χ1) is 10.6. The van der Waals surface area contributed by atoms with Crippen LogP contribution >= 0.6 is 15.9 Å². The van der Waals surface area contributed by atoms with Crippen LogP contribution in [0.4, 0.5) is 0 Å². The van der Waals surface area contributed by atoms with Gasteiger partial charge in [-0.15, -0.1) is 0 Å². The molecule has 2 rings (SSSR count). The quantitative estimate of drug-likeness (QED) is 0.456. The summed E-state index contributed by atoms with van der Waals surface area (Å²) in [5.41, 5.74) is 0.781. The molecule has 0 saturated heterocycles. The van der Waals surface area contributed by atoms with Crippen LogP contribution < -0.4 is 14.2 Å². The number of ether oxygens (including phenoxy) is 3. The minimum atomic E-state index is -0.466. The van der Waals surface area contributed by atoms with Gasteiger partial charge in [-0.2, -0.15) is 0 Å². The van der Waals surface area contributed by atoms with Crippen LogP contribution in [0.2, 0.25) is 0 Å². The molecular formula is C17H15BrO4. The van der Waals surface area contributed by atoms with Gasteiger partial charge in [0, 0.05) is 16.1 Å². The second-order valence-corrected chi connectivity index (χ2v) is 5.23. The number of hydrogen-bond acceptors (Lipinski definition) is 4. The molecule has 4 nitrogen and oxygen atoms in total. The molecule has 114 valence electrons. The molecule has 0 aromatic heterocycles. The summed E-state index contributed by atoms with van der Waals surface area (Å²) < 4.78 is 16.4. The number of esters is 1. The van der Waals surface area contributed by atoms with E-state index in [1.54, 1.807) is 44.6 Å². The van der Waals surface area contributed by atoms with Crippen molar-refractivity contribution in [2.24, 2.45) is 0 Å². The molecule has 0 saturated carbocycles. The minimum absolute atomic E-state index is 0.455. The van der Waals surface area contributed by atoms with E-state index >= 15 is 0 Å². The number of benzene rings is 2. The summed E-state index contributed by atoms with van der Waals surface area (Å²) in [5, 5.41) is 0. The molecule has 0 aliphatic heterocycles. The largest absolute Gasteiger partial charge is 0.497 e. The molecule has 22 heavy (non-hydrogen) atoms. The predicted molar refractivity (Wildman–Crippen MR) is 88.4 cm³/mol. The molecule has 0 N–H and O–H groups in total. The topological polar surface area (TPSA) is 44.8 Å². The Labute approximate surface area is 137 Å². The molecule has 5 heteroatoms. The molecule has 0 atom stereocenters. The summed E-state index contributed by atoms with van der Waals surface area (Å²) in [5.74, 6) is 1.37. The molecule has 0 amide bonds. The van der Waals surface area contributed by atoms with Crippen LogP contribution in [0.3, 0.4) is 0 Å². The van der Waals surface area contributed by atoms with Gasteiger partial charge in [-0.25, -0.2) is 4.79 Å². The summed E-state index contributed by atoms with van der Waals surface area (Å²) >= 11 is 3.38. The molecule has 2 aromatic rings. The number of methoxy groups -OCH3 is 2. The van der Waals surface area contributed by atoms with Crippen molar-refractivity contribution < 1.29 is 19.0 Å². The zero-order valence-electron chi connectivity index (χ0n) is 12.2. The average Bonchev–Trinajstić information content (AvgIpc) is 2.54. The Morgan fingerprint density at radius 2 is 1.68 bits per heavy atom. The Balaban J connectivity index is 2.06. The molecule has 0 fully saturated rings. The number of hydrogen-bond donors (Lipinski definition) is 0. The average molecular weight is 363 g/mol. The van der Waals surface area contributed by atoms with E-state index in [4.69, 9.17) is 14.2 Å². The van der Waals surface area contributed by atoms with Crippen LogP contribution in [-0.2, 0) is 4.79 Å². The fourth-order valence-electron chi connectivity index (χ4n) is 1.79. The zero-order valence-corrected chi connectivity index (χ0v) is 13.8. The van der Waals surface area contributed by atoms with Crippen LogP contribution in [0.1, 0.15) is 5.56 Å². The molecular weight excluding hydrogens is 348 g/mol. The fourth-order valence-corrected chi connectivity index (χ4v) is 2.17. The first kappa shape index (κ1) is 16.1. The van der Waals surface area contributed by atoms with Crippen LogP contribution in [-0.4, -0.2) is 20.2 Å². The van der Waals surface area contributed by atoms with E-state index in [0.717, 1.165) is 10.0 Å². The van der Waals surface area contributed by atoms with Gasteiger partial charge in [0.05, 0.1) is 14.2 Å². The third-order valence-electron chi connectivity index (χ3n) is 2.87. The van der Waals surface area contributed by atoms with Crippen molar-refractivity contribution in [2.45, 2.75) is 0 Å². The van der Waals surface area contributed by atoms with E-state index in [-0.39, 0.29) is 0 Å². The van der Waals surface area contributed by atoms with E-state index in [0.29, 0.717) is 17.2 Å². The van der Waals surface area contributed by atoms with Gasteiger partial charge in [-0.05, 0) is 48.5 Å². The molecule has 0 bridgehead atoms. The van der Waals surface area contributed by atoms with Crippen molar-refractivity contribution in [3.8, 4) is 17.2 Å². The molecule has 0 aliphatic carbocycles. The lowest BCUT2D eigenvalue weighted by atomic mass is 10.2. The maximum absolute atomic E-state index is 11.8. The lowest BCUT2D eigenvalue weighted by Crippen LogP contribution is -2.03. The SMILES string of the molecule is COc1ccc(OC(=O)/C=C/c2cc(Br)ccc2OC)cc1. The van der Waals surface area contributed by atoms with Gasteiger partial charge in [0.2, 0.25) is 0 Å². The number of halogens is 1. The summed E-state index contributed by atoms with van der Waals surface area (Å²) in [6, 6.07) is 12.3. The normalized spacial score (nSPS) is 10.5. The Morgan fingerprint density at radius 3 is 2.32 bits per heavy atom. The molecule has 0 spiro atoms. The second kappa shape index (κ2) is 7.66.